The van der Waals surface area contributed by atoms with Gasteiger partial charge in [0.15, 0.2) is 5.78 Å². The summed E-state index contributed by atoms with van der Waals surface area (Å²) < 4.78 is 37.5. The average molecular weight is 274 g/mol. The van der Waals surface area contributed by atoms with Crippen LogP contribution in [-0.4, -0.2) is 25.0 Å². The molecule has 0 aliphatic heterocycles. The van der Waals surface area contributed by atoms with E-state index in [1.807, 2.05) is 0 Å². The Morgan fingerprint density at radius 1 is 1.37 bits per heavy atom. The lowest BCUT2D eigenvalue weighted by molar-refractivity contribution is -0.119. The second-order valence-electron chi connectivity index (χ2n) is 4.36. The number of hydrogen-bond donors (Lipinski definition) is 1. The summed E-state index contributed by atoms with van der Waals surface area (Å²) in [7, 11) is 0. The Morgan fingerprint density at radius 2 is 2.00 bits per heavy atom. The van der Waals surface area contributed by atoms with Gasteiger partial charge in [-0.2, -0.15) is 13.2 Å². The summed E-state index contributed by atoms with van der Waals surface area (Å²) in [5.41, 5.74) is 6.60. The maximum absolute atomic E-state index is 12.5. The van der Waals surface area contributed by atoms with Gasteiger partial charge in [-0.25, -0.2) is 0 Å². The van der Waals surface area contributed by atoms with E-state index >= 15 is 0 Å². The van der Waals surface area contributed by atoms with Gasteiger partial charge in [-0.05, 0) is 31.5 Å². The van der Waals surface area contributed by atoms with E-state index in [1.54, 1.807) is 6.92 Å². The van der Waals surface area contributed by atoms with Gasteiger partial charge < -0.3 is 10.6 Å². The zero-order valence-corrected chi connectivity index (χ0v) is 10.9. The maximum atomic E-state index is 12.5. The van der Waals surface area contributed by atoms with Crippen LogP contribution in [0.1, 0.15) is 30.6 Å². The van der Waals surface area contributed by atoms with Crippen molar-refractivity contribution in [1.82, 2.24) is 0 Å². The Bertz CT molecular complexity index is 458. The van der Waals surface area contributed by atoms with Crippen LogP contribution in [0.3, 0.4) is 0 Å². The Morgan fingerprint density at radius 3 is 2.42 bits per heavy atom. The number of Topliss-reactive ketones (excluding diaryl/α,β-unsaturated/α-hetero) is 1. The summed E-state index contributed by atoms with van der Waals surface area (Å²) in [6.07, 6.45) is -3.69. The molecule has 19 heavy (non-hydrogen) atoms. The molecule has 6 heteroatoms. The van der Waals surface area contributed by atoms with Crippen molar-refractivity contribution in [2.45, 2.75) is 26.4 Å². The monoisotopic (exact) mass is 274 g/mol. The molecular weight excluding hydrogens is 257 g/mol. The molecule has 3 nitrogen and oxygen atoms in total. The maximum Gasteiger partial charge on any atom is 0.405 e. The molecule has 1 rings (SSSR count). The molecule has 0 spiro atoms. The minimum atomic E-state index is -4.27. The van der Waals surface area contributed by atoms with Crippen LogP contribution in [-0.2, 0) is 0 Å². The Labute approximate surface area is 110 Å². The Kier molecular flexibility index (Phi) is 4.80. The molecular formula is C13H17F3N2O. The van der Waals surface area contributed by atoms with Crippen LogP contribution in [0.5, 0.6) is 0 Å². The Hall–Kier alpha value is -1.72. The number of ketones is 1. The molecule has 1 aromatic carbocycles. The van der Waals surface area contributed by atoms with Gasteiger partial charge in [0.25, 0.3) is 0 Å². The van der Waals surface area contributed by atoms with Gasteiger partial charge in [-0.15, -0.1) is 0 Å². The third kappa shape index (κ3) is 4.46. The van der Waals surface area contributed by atoms with Crippen LogP contribution in [0, 0.1) is 0 Å². The smallest absolute Gasteiger partial charge is 0.398 e. The van der Waals surface area contributed by atoms with Crippen molar-refractivity contribution in [3.05, 3.63) is 23.8 Å². The number of nitrogen functional groups attached to an aromatic ring is 1. The molecule has 0 aliphatic carbocycles. The fourth-order valence-electron chi connectivity index (χ4n) is 1.85. The summed E-state index contributed by atoms with van der Waals surface area (Å²) in [5.74, 6) is -0.207. The first kappa shape index (κ1) is 15.3. The molecule has 1 aromatic rings. The molecule has 2 N–H and O–H groups in total. The standard InChI is InChI=1S/C13H17F3N2O/c1-3-6-18(8-13(14,15)16)10-4-5-11(9(2)19)12(17)7-10/h4-5,7H,3,6,8,17H2,1-2H3. The number of rotatable bonds is 5. The summed E-state index contributed by atoms with van der Waals surface area (Å²) in [6, 6.07) is 4.37. The number of hydrogen-bond acceptors (Lipinski definition) is 3. The van der Waals surface area contributed by atoms with Crippen LogP contribution < -0.4 is 10.6 Å². The lowest BCUT2D eigenvalue weighted by Gasteiger charge is -2.26. The molecule has 0 radical (unpaired) electrons. The molecule has 0 bridgehead atoms. The zero-order chi connectivity index (χ0) is 14.6. The number of halogens is 3. The summed E-state index contributed by atoms with van der Waals surface area (Å²) in [5, 5.41) is 0. The molecule has 0 aliphatic rings. The molecule has 0 aromatic heterocycles. The van der Waals surface area contributed by atoms with E-state index in [0.29, 0.717) is 17.7 Å². The molecule has 0 unspecified atom stereocenters. The van der Waals surface area contributed by atoms with Crippen molar-refractivity contribution in [1.29, 1.82) is 0 Å². The predicted octanol–water partition coefficient (Wildman–Crippen LogP) is 3.25. The molecule has 0 amide bonds. The first-order valence-electron chi connectivity index (χ1n) is 5.96. The number of benzene rings is 1. The van der Waals surface area contributed by atoms with Crippen molar-refractivity contribution in [3.8, 4) is 0 Å². The highest BCUT2D eigenvalue weighted by Crippen LogP contribution is 2.26. The SMILES string of the molecule is CCCN(CC(F)(F)F)c1ccc(C(C)=O)c(N)c1. The van der Waals surface area contributed by atoms with Gasteiger partial charge in [0, 0.05) is 23.5 Å². The third-order valence-electron chi connectivity index (χ3n) is 2.64. The summed E-state index contributed by atoms with van der Waals surface area (Å²) in [4.78, 5) is 12.4. The fraction of sp³-hybridized carbons (Fsp3) is 0.462. The molecule has 0 heterocycles. The van der Waals surface area contributed by atoms with Crippen molar-refractivity contribution < 1.29 is 18.0 Å². The van der Waals surface area contributed by atoms with E-state index in [0.717, 1.165) is 0 Å². The van der Waals surface area contributed by atoms with E-state index in [9.17, 15) is 18.0 Å². The van der Waals surface area contributed by atoms with Crippen LogP contribution in [0.4, 0.5) is 24.5 Å². The first-order chi connectivity index (χ1) is 8.74. The minimum absolute atomic E-state index is 0.202. The van der Waals surface area contributed by atoms with E-state index < -0.39 is 12.7 Å². The largest absolute Gasteiger partial charge is 0.405 e. The average Bonchev–Trinajstić information content (AvgIpc) is 2.26. The van der Waals surface area contributed by atoms with Gasteiger partial charge in [0.05, 0.1) is 0 Å². The molecule has 0 saturated heterocycles. The van der Waals surface area contributed by atoms with Gasteiger partial charge in [0.1, 0.15) is 6.54 Å². The van der Waals surface area contributed by atoms with Crippen molar-refractivity contribution in [2.24, 2.45) is 0 Å². The topological polar surface area (TPSA) is 46.3 Å². The first-order valence-corrected chi connectivity index (χ1v) is 5.96. The van der Waals surface area contributed by atoms with E-state index in [4.69, 9.17) is 5.73 Å². The number of carbonyl (C=O) groups is 1. The van der Waals surface area contributed by atoms with Crippen LogP contribution in [0.25, 0.3) is 0 Å². The lowest BCUT2D eigenvalue weighted by atomic mass is 10.1. The molecule has 0 atom stereocenters. The quantitative estimate of drug-likeness (QED) is 0.662. The minimum Gasteiger partial charge on any atom is -0.398 e. The summed E-state index contributed by atoms with van der Waals surface area (Å²) >= 11 is 0. The lowest BCUT2D eigenvalue weighted by Crippen LogP contribution is -2.34. The van der Waals surface area contributed by atoms with Gasteiger partial charge >= 0.3 is 6.18 Å². The van der Waals surface area contributed by atoms with Crippen LogP contribution in [0.15, 0.2) is 18.2 Å². The number of nitrogens with two attached hydrogens (primary N) is 1. The molecule has 106 valence electrons. The van der Waals surface area contributed by atoms with Gasteiger partial charge in [-0.3, -0.25) is 4.79 Å². The highest BCUT2D eigenvalue weighted by molar-refractivity contribution is 5.99. The van der Waals surface area contributed by atoms with E-state index in [2.05, 4.69) is 0 Å². The second kappa shape index (κ2) is 5.95. The van der Waals surface area contributed by atoms with Crippen LogP contribution in [0.2, 0.25) is 0 Å². The van der Waals surface area contributed by atoms with Crippen LogP contribution >= 0.6 is 0 Å². The predicted molar refractivity (Wildman–Crippen MR) is 69.4 cm³/mol. The summed E-state index contributed by atoms with van der Waals surface area (Å²) in [6.45, 7) is 2.42. The normalized spacial score (nSPS) is 11.4. The molecule has 0 fully saturated rings. The van der Waals surface area contributed by atoms with Crippen molar-refractivity contribution >= 4 is 17.2 Å². The third-order valence-corrected chi connectivity index (χ3v) is 2.64. The van der Waals surface area contributed by atoms with Gasteiger partial charge in [0.2, 0.25) is 0 Å². The van der Waals surface area contributed by atoms with Crippen molar-refractivity contribution in [2.75, 3.05) is 23.7 Å². The van der Waals surface area contributed by atoms with E-state index in [-0.39, 0.29) is 18.0 Å². The van der Waals surface area contributed by atoms with Gasteiger partial charge in [-0.1, -0.05) is 6.92 Å². The highest BCUT2D eigenvalue weighted by atomic mass is 19.4. The number of nitrogens with zero attached hydrogens (tertiary/aromatic N) is 1. The number of anilines is 2. The van der Waals surface area contributed by atoms with Crippen molar-refractivity contribution in [3.63, 3.8) is 0 Å². The Balaban J connectivity index is 3.03. The van der Waals surface area contributed by atoms with E-state index in [1.165, 1.54) is 30.0 Å². The highest BCUT2D eigenvalue weighted by Gasteiger charge is 2.30. The number of alkyl halides is 3. The zero-order valence-electron chi connectivity index (χ0n) is 10.9. The number of carbonyl (C=O) groups excluding carboxylic acids is 1. The second-order valence-corrected chi connectivity index (χ2v) is 4.36. The fourth-order valence-corrected chi connectivity index (χ4v) is 1.85. The molecule has 0 saturated carbocycles.